The van der Waals surface area contributed by atoms with Crippen LogP contribution >= 0.6 is 0 Å². The Hall–Kier alpha value is -1.82. The SMILES string of the molecule is C#Cc1cc2cn[nH]c2cn1. The number of terminal acetylenes is 1. The molecule has 2 aromatic rings. The number of aromatic nitrogens is 3. The molecule has 0 aliphatic carbocycles. The summed E-state index contributed by atoms with van der Waals surface area (Å²) < 4.78 is 0. The van der Waals surface area contributed by atoms with Crippen LogP contribution in [0.4, 0.5) is 0 Å². The van der Waals surface area contributed by atoms with Crippen molar-refractivity contribution in [1.82, 2.24) is 15.2 Å². The lowest BCUT2D eigenvalue weighted by Gasteiger charge is -1.88. The minimum Gasteiger partial charge on any atom is -0.276 e. The Kier molecular flexibility index (Phi) is 1.13. The van der Waals surface area contributed by atoms with Gasteiger partial charge in [-0.1, -0.05) is 5.92 Å². The van der Waals surface area contributed by atoms with Gasteiger partial charge in [-0.05, 0) is 6.07 Å². The molecule has 1 N–H and O–H groups in total. The van der Waals surface area contributed by atoms with Gasteiger partial charge < -0.3 is 0 Å². The molecule has 2 rings (SSSR count). The highest BCUT2D eigenvalue weighted by atomic mass is 15.1. The quantitative estimate of drug-likeness (QED) is 0.557. The standard InChI is InChI=1S/C8H5N3/c1-2-7-3-6-4-10-11-8(6)5-9-7/h1,3-5H,(H,10,11). The monoisotopic (exact) mass is 143 g/mol. The largest absolute Gasteiger partial charge is 0.276 e. The highest BCUT2D eigenvalue weighted by Crippen LogP contribution is 2.08. The predicted molar refractivity (Wildman–Crippen MR) is 41.8 cm³/mol. The van der Waals surface area contributed by atoms with Crippen molar-refractivity contribution in [2.24, 2.45) is 0 Å². The number of nitrogens with zero attached hydrogens (tertiary/aromatic N) is 2. The van der Waals surface area contributed by atoms with Gasteiger partial charge in [-0.2, -0.15) is 5.10 Å². The average molecular weight is 143 g/mol. The summed E-state index contributed by atoms with van der Waals surface area (Å²) >= 11 is 0. The smallest absolute Gasteiger partial charge is 0.113 e. The molecule has 3 nitrogen and oxygen atoms in total. The zero-order valence-electron chi connectivity index (χ0n) is 5.70. The van der Waals surface area contributed by atoms with Crippen molar-refractivity contribution in [2.75, 3.05) is 0 Å². The van der Waals surface area contributed by atoms with Crippen LogP contribution in [0.5, 0.6) is 0 Å². The summed E-state index contributed by atoms with van der Waals surface area (Å²) in [5, 5.41) is 7.63. The van der Waals surface area contributed by atoms with E-state index in [9.17, 15) is 0 Å². The highest BCUT2D eigenvalue weighted by molar-refractivity contribution is 5.77. The second-order valence-electron chi connectivity index (χ2n) is 2.17. The first-order chi connectivity index (χ1) is 5.40. The van der Waals surface area contributed by atoms with E-state index in [1.165, 1.54) is 0 Å². The van der Waals surface area contributed by atoms with Crippen LogP contribution in [-0.4, -0.2) is 15.2 Å². The van der Waals surface area contributed by atoms with Crippen LogP contribution in [0.1, 0.15) is 5.69 Å². The second kappa shape index (κ2) is 2.10. The van der Waals surface area contributed by atoms with E-state index in [1.54, 1.807) is 12.4 Å². The number of hydrogen-bond acceptors (Lipinski definition) is 2. The number of rotatable bonds is 0. The van der Waals surface area contributed by atoms with Crippen LogP contribution in [0, 0.1) is 12.3 Å². The molecule has 52 valence electrons. The van der Waals surface area contributed by atoms with Crippen LogP contribution in [-0.2, 0) is 0 Å². The molecule has 2 heterocycles. The Morgan fingerprint density at radius 3 is 3.18 bits per heavy atom. The fourth-order valence-corrected chi connectivity index (χ4v) is 0.921. The molecule has 0 atom stereocenters. The first-order valence-corrected chi connectivity index (χ1v) is 3.16. The molecule has 0 aliphatic rings. The van der Waals surface area contributed by atoms with E-state index in [1.807, 2.05) is 6.07 Å². The topological polar surface area (TPSA) is 41.6 Å². The molecule has 3 heteroatoms. The molecule has 0 bridgehead atoms. The van der Waals surface area contributed by atoms with Crippen molar-refractivity contribution in [2.45, 2.75) is 0 Å². The maximum absolute atomic E-state index is 5.17. The van der Waals surface area contributed by atoms with Crippen molar-refractivity contribution in [3.63, 3.8) is 0 Å². The number of pyridine rings is 1. The van der Waals surface area contributed by atoms with Gasteiger partial charge >= 0.3 is 0 Å². The second-order valence-corrected chi connectivity index (χ2v) is 2.17. The van der Waals surface area contributed by atoms with Crippen molar-refractivity contribution in [3.8, 4) is 12.3 Å². The zero-order chi connectivity index (χ0) is 7.68. The van der Waals surface area contributed by atoms with E-state index in [2.05, 4.69) is 21.1 Å². The summed E-state index contributed by atoms with van der Waals surface area (Å²) in [4.78, 5) is 3.99. The molecule has 0 aliphatic heterocycles. The Morgan fingerprint density at radius 1 is 1.45 bits per heavy atom. The lowest BCUT2D eigenvalue weighted by molar-refractivity contribution is 1.11. The third kappa shape index (κ3) is 0.849. The van der Waals surface area contributed by atoms with Crippen LogP contribution in [0.15, 0.2) is 18.5 Å². The number of aromatic amines is 1. The molecule has 0 saturated heterocycles. The number of fused-ring (bicyclic) bond motifs is 1. The van der Waals surface area contributed by atoms with Gasteiger partial charge in [-0.25, -0.2) is 4.98 Å². The van der Waals surface area contributed by atoms with Gasteiger partial charge in [0.25, 0.3) is 0 Å². The molecule has 0 spiro atoms. The average Bonchev–Trinajstić information content (AvgIpc) is 2.50. The molecule has 0 aromatic carbocycles. The van der Waals surface area contributed by atoms with Crippen LogP contribution in [0.2, 0.25) is 0 Å². The van der Waals surface area contributed by atoms with Crippen LogP contribution in [0.3, 0.4) is 0 Å². The number of nitrogens with one attached hydrogen (secondary N) is 1. The molecule has 11 heavy (non-hydrogen) atoms. The molecule has 0 fully saturated rings. The van der Waals surface area contributed by atoms with E-state index in [-0.39, 0.29) is 0 Å². The van der Waals surface area contributed by atoms with Gasteiger partial charge in [0.15, 0.2) is 0 Å². The molecule has 2 aromatic heterocycles. The van der Waals surface area contributed by atoms with Gasteiger partial charge in [0.2, 0.25) is 0 Å². The van der Waals surface area contributed by atoms with Gasteiger partial charge in [0, 0.05) is 5.39 Å². The fourth-order valence-electron chi connectivity index (χ4n) is 0.921. The third-order valence-electron chi connectivity index (χ3n) is 1.47. The Labute approximate surface area is 63.5 Å². The molecule has 0 saturated carbocycles. The first-order valence-electron chi connectivity index (χ1n) is 3.16. The summed E-state index contributed by atoms with van der Waals surface area (Å²) in [6, 6.07) is 1.82. The van der Waals surface area contributed by atoms with Crippen molar-refractivity contribution in [1.29, 1.82) is 0 Å². The summed E-state index contributed by atoms with van der Waals surface area (Å²) in [7, 11) is 0. The minimum atomic E-state index is 0.638. The van der Waals surface area contributed by atoms with E-state index in [4.69, 9.17) is 6.42 Å². The lowest BCUT2D eigenvalue weighted by atomic mass is 10.3. The summed E-state index contributed by atoms with van der Waals surface area (Å²) in [5.41, 5.74) is 1.54. The molecule has 0 radical (unpaired) electrons. The summed E-state index contributed by atoms with van der Waals surface area (Å²) in [6.45, 7) is 0. The summed E-state index contributed by atoms with van der Waals surface area (Å²) in [6.07, 6.45) is 8.56. The van der Waals surface area contributed by atoms with Gasteiger partial charge in [-0.3, -0.25) is 5.10 Å². The molecule has 0 amide bonds. The van der Waals surface area contributed by atoms with Crippen molar-refractivity contribution in [3.05, 3.63) is 24.2 Å². The summed E-state index contributed by atoms with van der Waals surface area (Å²) in [5.74, 6) is 2.46. The van der Waals surface area contributed by atoms with E-state index in [0.717, 1.165) is 10.9 Å². The Balaban J connectivity index is 2.79. The maximum Gasteiger partial charge on any atom is 0.113 e. The third-order valence-corrected chi connectivity index (χ3v) is 1.47. The fraction of sp³-hybridized carbons (Fsp3) is 0. The Morgan fingerprint density at radius 2 is 2.36 bits per heavy atom. The van der Waals surface area contributed by atoms with Gasteiger partial charge in [0.1, 0.15) is 5.69 Å². The van der Waals surface area contributed by atoms with Gasteiger partial charge in [-0.15, -0.1) is 6.42 Å². The van der Waals surface area contributed by atoms with E-state index in [0.29, 0.717) is 5.69 Å². The maximum atomic E-state index is 5.17. The van der Waals surface area contributed by atoms with Crippen molar-refractivity contribution < 1.29 is 0 Å². The number of hydrogen-bond donors (Lipinski definition) is 1. The van der Waals surface area contributed by atoms with Crippen LogP contribution in [0.25, 0.3) is 10.9 Å². The van der Waals surface area contributed by atoms with E-state index < -0.39 is 0 Å². The molecular formula is C8H5N3. The zero-order valence-corrected chi connectivity index (χ0v) is 5.70. The predicted octanol–water partition coefficient (Wildman–Crippen LogP) is 0.939. The normalized spacial score (nSPS) is 9.73. The molecule has 0 unspecified atom stereocenters. The lowest BCUT2D eigenvalue weighted by Crippen LogP contribution is -1.79. The van der Waals surface area contributed by atoms with Crippen LogP contribution < -0.4 is 0 Å². The highest BCUT2D eigenvalue weighted by Gasteiger charge is 1.95. The van der Waals surface area contributed by atoms with Crippen molar-refractivity contribution >= 4 is 10.9 Å². The van der Waals surface area contributed by atoms with E-state index >= 15 is 0 Å². The first kappa shape index (κ1) is 5.93. The number of H-pyrrole nitrogens is 1. The Bertz CT molecular complexity index is 422. The molecular weight excluding hydrogens is 138 g/mol. The minimum absolute atomic E-state index is 0.638. The van der Waals surface area contributed by atoms with Gasteiger partial charge in [0.05, 0.1) is 17.9 Å².